The Hall–Kier alpha value is -0.990. The van der Waals surface area contributed by atoms with Gasteiger partial charge in [-0.1, -0.05) is 26.2 Å². The van der Waals surface area contributed by atoms with Crippen molar-refractivity contribution in [2.45, 2.75) is 39.2 Å². The molecule has 78 valence electrons. The molecule has 1 heterocycles. The summed E-state index contributed by atoms with van der Waals surface area (Å²) in [7, 11) is 0. The van der Waals surface area contributed by atoms with Gasteiger partial charge in [-0.2, -0.15) is 0 Å². The van der Waals surface area contributed by atoms with E-state index in [2.05, 4.69) is 16.5 Å². The molecule has 0 aliphatic heterocycles. The highest BCUT2D eigenvalue weighted by Crippen LogP contribution is 2.30. The van der Waals surface area contributed by atoms with Gasteiger partial charge in [0.05, 0.1) is 0 Å². The van der Waals surface area contributed by atoms with Crippen LogP contribution in [0.5, 0.6) is 0 Å². The van der Waals surface area contributed by atoms with Crippen LogP contribution in [-0.4, -0.2) is 9.55 Å². The van der Waals surface area contributed by atoms with Gasteiger partial charge in [0.25, 0.3) is 0 Å². The van der Waals surface area contributed by atoms with E-state index in [1.54, 1.807) is 6.20 Å². The molecule has 3 heteroatoms. The minimum atomic E-state index is 0.655. The normalized spacial score (nSPS) is 27.8. The lowest BCUT2D eigenvalue weighted by molar-refractivity contribution is 0.229. The predicted molar refractivity (Wildman–Crippen MR) is 57.8 cm³/mol. The Morgan fingerprint density at radius 3 is 2.93 bits per heavy atom. The predicted octanol–water partition coefficient (Wildman–Crippen LogP) is 2.29. The molecule has 3 nitrogen and oxygen atoms in total. The van der Waals surface area contributed by atoms with E-state index in [1.807, 2.05) is 6.20 Å². The fourth-order valence-corrected chi connectivity index (χ4v) is 2.41. The van der Waals surface area contributed by atoms with Crippen LogP contribution in [0.2, 0.25) is 0 Å². The number of nitrogens with two attached hydrogens (primary N) is 1. The van der Waals surface area contributed by atoms with E-state index >= 15 is 0 Å². The minimum absolute atomic E-state index is 0.655. The number of anilines is 1. The molecule has 2 rings (SSSR count). The molecule has 0 radical (unpaired) electrons. The Bertz CT molecular complexity index is 292. The van der Waals surface area contributed by atoms with Crippen molar-refractivity contribution in [2.24, 2.45) is 11.8 Å². The third-order valence-electron chi connectivity index (χ3n) is 3.47. The van der Waals surface area contributed by atoms with Crippen molar-refractivity contribution in [1.82, 2.24) is 9.55 Å². The van der Waals surface area contributed by atoms with Crippen molar-refractivity contribution in [1.29, 1.82) is 0 Å². The van der Waals surface area contributed by atoms with Gasteiger partial charge >= 0.3 is 0 Å². The quantitative estimate of drug-likeness (QED) is 0.783. The zero-order valence-electron chi connectivity index (χ0n) is 8.82. The van der Waals surface area contributed by atoms with E-state index < -0.39 is 0 Å². The van der Waals surface area contributed by atoms with Crippen LogP contribution in [0.25, 0.3) is 0 Å². The highest BCUT2D eigenvalue weighted by Gasteiger charge is 2.21. The molecule has 1 saturated carbocycles. The van der Waals surface area contributed by atoms with Crippen LogP contribution in [0.15, 0.2) is 12.4 Å². The van der Waals surface area contributed by atoms with E-state index in [0.29, 0.717) is 5.95 Å². The number of rotatable bonds is 2. The van der Waals surface area contributed by atoms with Gasteiger partial charge in [-0.3, -0.25) is 0 Å². The second-order valence-electron chi connectivity index (χ2n) is 4.46. The lowest BCUT2D eigenvalue weighted by Crippen LogP contribution is -2.22. The van der Waals surface area contributed by atoms with Gasteiger partial charge in [-0.15, -0.1) is 0 Å². The van der Waals surface area contributed by atoms with E-state index in [4.69, 9.17) is 5.73 Å². The molecule has 14 heavy (non-hydrogen) atoms. The molecule has 0 saturated heterocycles. The topological polar surface area (TPSA) is 43.8 Å². The summed E-state index contributed by atoms with van der Waals surface area (Å²) in [4.78, 5) is 4.05. The third kappa shape index (κ3) is 1.91. The number of hydrogen-bond acceptors (Lipinski definition) is 2. The molecule has 0 bridgehead atoms. The Balaban J connectivity index is 1.99. The zero-order chi connectivity index (χ0) is 9.97. The van der Waals surface area contributed by atoms with Crippen LogP contribution < -0.4 is 5.73 Å². The molecule has 0 spiro atoms. The average molecular weight is 193 g/mol. The number of nitrogen functional groups attached to an aromatic ring is 1. The molecule has 2 N–H and O–H groups in total. The molecule has 1 aromatic rings. The van der Waals surface area contributed by atoms with Crippen LogP contribution >= 0.6 is 0 Å². The highest BCUT2D eigenvalue weighted by atomic mass is 15.1. The van der Waals surface area contributed by atoms with E-state index in [1.165, 1.54) is 25.7 Å². The summed E-state index contributed by atoms with van der Waals surface area (Å²) in [6, 6.07) is 0. The summed E-state index contributed by atoms with van der Waals surface area (Å²) < 4.78 is 2.08. The molecule has 0 amide bonds. The molecule has 1 aliphatic rings. The van der Waals surface area contributed by atoms with Crippen molar-refractivity contribution in [3.63, 3.8) is 0 Å². The molecule has 0 aromatic carbocycles. The lowest BCUT2D eigenvalue weighted by atomic mass is 9.80. The monoisotopic (exact) mass is 193 g/mol. The van der Waals surface area contributed by atoms with Gasteiger partial charge in [0.15, 0.2) is 5.95 Å². The summed E-state index contributed by atoms with van der Waals surface area (Å²) in [6.45, 7) is 3.41. The second kappa shape index (κ2) is 4.03. The molecular weight excluding hydrogens is 174 g/mol. The summed E-state index contributed by atoms with van der Waals surface area (Å²) in [5, 5.41) is 0. The van der Waals surface area contributed by atoms with Gasteiger partial charge in [0.1, 0.15) is 0 Å². The Morgan fingerprint density at radius 2 is 2.29 bits per heavy atom. The summed E-state index contributed by atoms with van der Waals surface area (Å²) >= 11 is 0. The Kier molecular flexibility index (Phi) is 2.75. The second-order valence-corrected chi connectivity index (χ2v) is 4.46. The standard InChI is InChI=1S/C11H19N3/c1-9-4-2-3-5-10(9)8-14-7-6-13-11(14)12/h6-7,9-10H,2-5,8H2,1H3,(H2,12,13). The Labute approximate surface area is 85.3 Å². The first kappa shape index (κ1) is 9.56. The van der Waals surface area contributed by atoms with Crippen molar-refractivity contribution < 1.29 is 0 Å². The maximum Gasteiger partial charge on any atom is 0.200 e. The zero-order valence-corrected chi connectivity index (χ0v) is 8.82. The first-order valence-corrected chi connectivity index (χ1v) is 5.54. The largest absolute Gasteiger partial charge is 0.369 e. The van der Waals surface area contributed by atoms with Gasteiger partial charge in [0, 0.05) is 18.9 Å². The number of hydrogen-bond donors (Lipinski definition) is 1. The minimum Gasteiger partial charge on any atom is -0.369 e. The maximum atomic E-state index is 5.76. The van der Waals surface area contributed by atoms with E-state index in [9.17, 15) is 0 Å². The smallest absolute Gasteiger partial charge is 0.200 e. The molecule has 1 fully saturated rings. The number of imidazole rings is 1. The van der Waals surface area contributed by atoms with E-state index in [-0.39, 0.29) is 0 Å². The first-order valence-electron chi connectivity index (χ1n) is 5.54. The maximum absolute atomic E-state index is 5.76. The first-order chi connectivity index (χ1) is 6.77. The third-order valence-corrected chi connectivity index (χ3v) is 3.47. The lowest BCUT2D eigenvalue weighted by Gasteiger charge is -2.29. The molecule has 1 aliphatic carbocycles. The van der Waals surface area contributed by atoms with E-state index in [0.717, 1.165) is 18.4 Å². The highest BCUT2D eigenvalue weighted by molar-refractivity contribution is 5.16. The van der Waals surface area contributed by atoms with Gasteiger partial charge in [-0.05, 0) is 18.3 Å². The van der Waals surface area contributed by atoms with Crippen LogP contribution in [0, 0.1) is 11.8 Å². The summed E-state index contributed by atoms with van der Waals surface area (Å²) in [5.41, 5.74) is 5.76. The number of aromatic nitrogens is 2. The summed E-state index contributed by atoms with van der Waals surface area (Å²) in [5.74, 6) is 2.29. The van der Waals surface area contributed by atoms with Crippen LogP contribution in [0.3, 0.4) is 0 Å². The fourth-order valence-electron chi connectivity index (χ4n) is 2.41. The van der Waals surface area contributed by atoms with Crippen LogP contribution in [0.4, 0.5) is 5.95 Å². The van der Waals surface area contributed by atoms with Crippen LogP contribution in [-0.2, 0) is 6.54 Å². The average Bonchev–Trinajstić information content (AvgIpc) is 2.56. The molecular formula is C11H19N3. The fraction of sp³-hybridized carbons (Fsp3) is 0.727. The van der Waals surface area contributed by atoms with Crippen molar-refractivity contribution in [3.8, 4) is 0 Å². The van der Waals surface area contributed by atoms with Gasteiger partial charge in [-0.25, -0.2) is 4.98 Å². The summed E-state index contributed by atoms with van der Waals surface area (Å²) in [6.07, 6.45) is 9.26. The van der Waals surface area contributed by atoms with Crippen molar-refractivity contribution >= 4 is 5.95 Å². The van der Waals surface area contributed by atoms with Crippen molar-refractivity contribution in [3.05, 3.63) is 12.4 Å². The van der Waals surface area contributed by atoms with Crippen molar-refractivity contribution in [2.75, 3.05) is 5.73 Å². The molecule has 1 aromatic heterocycles. The Morgan fingerprint density at radius 1 is 1.50 bits per heavy atom. The molecule has 2 atom stereocenters. The molecule has 2 unspecified atom stereocenters. The van der Waals surface area contributed by atoms with Gasteiger partial charge in [0.2, 0.25) is 0 Å². The van der Waals surface area contributed by atoms with Crippen LogP contribution in [0.1, 0.15) is 32.6 Å². The SMILES string of the molecule is CC1CCCCC1Cn1ccnc1N. The van der Waals surface area contributed by atoms with Gasteiger partial charge < -0.3 is 10.3 Å². The number of nitrogens with zero attached hydrogens (tertiary/aromatic N) is 2.